The molecule has 0 radical (unpaired) electrons. The molecule has 0 aliphatic carbocycles. The van der Waals surface area contributed by atoms with Gasteiger partial charge in [0.15, 0.2) is 0 Å². The Kier molecular flexibility index (Phi) is 11.6. The molecule has 2 fully saturated rings. The number of aromatic nitrogens is 1. The van der Waals surface area contributed by atoms with Crippen molar-refractivity contribution in [3.05, 3.63) is 87.4 Å². The number of fused-ring (bicyclic) bond motifs is 7. The molecular weight excluding hydrogens is 653 g/mol. The maximum Gasteiger partial charge on any atom is 0.242 e. The largest absolute Gasteiger partial charge is 0.352 e. The standard InChI is InChI=1S/C38H46N6O5S/c1-26-32-20-36(48)43-17-14-30(18-33(45)39-21-27-8-4-2-5-9-27)31(23-43)19-35(47)44(24-34(46)40-22-28-10-6-3-7-11-28)25-37(49)42-15-12-29(13-16-42)38(41-32)50-26/h2-11,29-31H,12-25H2,1H3,(H,39,45)(H,40,46)/t30-,31-/m0/s1. The molecule has 0 saturated carbocycles. The smallest absolute Gasteiger partial charge is 0.242 e. The van der Waals surface area contributed by atoms with Crippen LogP contribution in [0.4, 0.5) is 0 Å². The highest BCUT2D eigenvalue weighted by molar-refractivity contribution is 7.11. The summed E-state index contributed by atoms with van der Waals surface area (Å²) in [5.41, 5.74) is 2.71. The van der Waals surface area contributed by atoms with Gasteiger partial charge in [-0.2, -0.15) is 0 Å². The number of nitrogens with zero attached hydrogens (tertiary/aromatic N) is 4. The lowest BCUT2D eigenvalue weighted by molar-refractivity contribution is -0.145. The van der Waals surface area contributed by atoms with Gasteiger partial charge < -0.3 is 25.3 Å². The SMILES string of the molecule is Cc1sc2nc1CC(=O)N1CC[C@@H](CC(=O)NCc3ccccc3)[C@@H](CC(=O)N(CC(=O)NCc3ccccc3)CC(=O)N3CCC2CC3)C1. The molecule has 2 saturated heterocycles. The third-order valence-electron chi connectivity index (χ3n) is 10.2. The van der Waals surface area contributed by atoms with Crippen molar-refractivity contribution in [1.29, 1.82) is 0 Å². The summed E-state index contributed by atoms with van der Waals surface area (Å²) in [5.74, 6) is -1.31. The number of piperidine rings is 2. The van der Waals surface area contributed by atoms with Crippen LogP contribution in [0.5, 0.6) is 0 Å². The number of aryl methyl sites for hydroxylation is 1. The number of carbonyl (C=O) groups is 5. The van der Waals surface area contributed by atoms with Gasteiger partial charge in [-0.05, 0) is 49.1 Å². The van der Waals surface area contributed by atoms with Crippen molar-refractivity contribution in [2.75, 3.05) is 39.3 Å². The Balaban J connectivity index is 1.22. The summed E-state index contributed by atoms with van der Waals surface area (Å²) in [6.45, 7) is 4.12. The number of hydrogen-bond acceptors (Lipinski definition) is 7. The quantitative estimate of drug-likeness (QED) is 0.371. The number of hydrogen-bond donors (Lipinski definition) is 2. The van der Waals surface area contributed by atoms with Crippen LogP contribution in [0, 0.1) is 18.8 Å². The molecule has 2 atom stereocenters. The second kappa shape index (κ2) is 16.4. The van der Waals surface area contributed by atoms with E-state index in [0.717, 1.165) is 39.5 Å². The van der Waals surface area contributed by atoms with Crippen LogP contribution in [0.3, 0.4) is 0 Å². The highest BCUT2D eigenvalue weighted by Gasteiger charge is 2.37. The van der Waals surface area contributed by atoms with Crippen LogP contribution in [0.15, 0.2) is 60.7 Å². The molecule has 4 aliphatic heterocycles. The zero-order chi connectivity index (χ0) is 35.0. The van der Waals surface area contributed by atoms with Gasteiger partial charge in [0.25, 0.3) is 0 Å². The van der Waals surface area contributed by atoms with Gasteiger partial charge in [-0.3, -0.25) is 24.0 Å². The van der Waals surface area contributed by atoms with E-state index < -0.39 is 0 Å². The molecule has 7 rings (SSSR count). The average Bonchev–Trinajstić information content (AvgIpc) is 3.50. The molecule has 6 bridgehead atoms. The minimum Gasteiger partial charge on any atom is -0.352 e. The van der Waals surface area contributed by atoms with Crippen LogP contribution in [-0.4, -0.2) is 88.5 Å². The summed E-state index contributed by atoms with van der Waals surface area (Å²) in [5, 5.41) is 6.90. The number of amides is 5. The molecule has 1 aromatic heterocycles. The Hall–Kier alpha value is -4.58. The monoisotopic (exact) mass is 698 g/mol. The number of rotatable bonds is 8. The first-order valence-corrected chi connectivity index (χ1v) is 18.4. The van der Waals surface area contributed by atoms with E-state index in [1.165, 1.54) is 4.90 Å². The second-order valence-corrected chi connectivity index (χ2v) is 15.0. The zero-order valence-electron chi connectivity index (χ0n) is 28.6. The summed E-state index contributed by atoms with van der Waals surface area (Å²) >= 11 is 1.63. The molecule has 2 N–H and O–H groups in total. The highest BCUT2D eigenvalue weighted by atomic mass is 32.1. The van der Waals surface area contributed by atoms with Gasteiger partial charge >= 0.3 is 0 Å². The summed E-state index contributed by atoms with van der Waals surface area (Å²) in [6, 6.07) is 19.2. The van der Waals surface area contributed by atoms with E-state index in [9.17, 15) is 24.0 Å². The van der Waals surface area contributed by atoms with Crippen molar-refractivity contribution in [2.24, 2.45) is 11.8 Å². The molecule has 12 heteroatoms. The molecular formula is C38H46N6O5S. The second-order valence-electron chi connectivity index (χ2n) is 13.7. The minimum atomic E-state index is -0.355. The molecule has 4 aliphatic rings. The van der Waals surface area contributed by atoms with Gasteiger partial charge in [-0.25, -0.2) is 4.98 Å². The van der Waals surface area contributed by atoms with E-state index in [1.54, 1.807) is 21.1 Å². The van der Waals surface area contributed by atoms with Crippen LogP contribution < -0.4 is 10.6 Å². The number of benzene rings is 2. The molecule has 264 valence electrons. The lowest BCUT2D eigenvalue weighted by atomic mass is 9.80. The first kappa shape index (κ1) is 35.3. The number of carbonyl (C=O) groups excluding carboxylic acids is 5. The van der Waals surface area contributed by atoms with E-state index in [0.29, 0.717) is 45.7 Å². The lowest BCUT2D eigenvalue weighted by Gasteiger charge is -2.39. The molecule has 11 nitrogen and oxygen atoms in total. The van der Waals surface area contributed by atoms with Gasteiger partial charge in [-0.15, -0.1) is 11.3 Å². The number of thiazole rings is 1. The zero-order valence-corrected chi connectivity index (χ0v) is 29.5. The first-order valence-electron chi connectivity index (χ1n) is 17.6. The summed E-state index contributed by atoms with van der Waals surface area (Å²) in [6.07, 6.45) is 2.49. The van der Waals surface area contributed by atoms with Crippen molar-refractivity contribution >= 4 is 40.9 Å². The first-order chi connectivity index (χ1) is 24.2. The van der Waals surface area contributed by atoms with Crippen LogP contribution in [0.1, 0.15) is 64.7 Å². The van der Waals surface area contributed by atoms with E-state index in [-0.39, 0.29) is 79.6 Å². The minimum absolute atomic E-state index is 0.0155. The fraction of sp³-hybridized carbons (Fsp3) is 0.474. The van der Waals surface area contributed by atoms with Gasteiger partial charge in [0.2, 0.25) is 29.5 Å². The predicted molar refractivity (Wildman–Crippen MR) is 190 cm³/mol. The topological polar surface area (TPSA) is 132 Å². The van der Waals surface area contributed by atoms with Crippen molar-refractivity contribution in [3.63, 3.8) is 0 Å². The van der Waals surface area contributed by atoms with Crippen LogP contribution in [0.25, 0.3) is 0 Å². The van der Waals surface area contributed by atoms with Crippen molar-refractivity contribution in [2.45, 2.75) is 64.5 Å². The summed E-state index contributed by atoms with van der Waals surface area (Å²) < 4.78 is 0. The van der Waals surface area contributed by atoms with E-state index in [1.807, 2.05) is 67.6 Å². The maximum atomic E-state index is 14.1. The fourth-order valence-corrected chi connectivity index (χ4v) is 8.32. The Bertz CT molecular complexity index is 1670. The Morgan fingerprint density at radius 3 is 2.08 bits per heavy atom. The maximum absolute atomic E-state index is 14.1. The fourth-order valence-electron chi connectivity index (χ4n) is 7.21. The molecule has 0 spiro atoms. The molecule has 0 unspecified atom stereocenters. The van der Waals surface area contributed by atoms with Crippen molar-refractivity contribution in [3.8, 4) is 0 Å². The number of nitrogens with one attached hydrogen (secondary N) is 2. The van der Waals surface area contributed by atoms with Crippen LogP contribution in [-0.2, 0) is 43.5 Å². The van der Waals surface area contributed by atoms with E-state index in [2.05, 4.69) is 10.6 Å². The molecule has 50 heavy (non-hydrogen) atoms. The molecule has 5 heterocycles. The van der Waals surface area contributed by atoms with Crippen molar-refractivity contribution in [1.82, 2.24) is 30.3 Å². The van der Waals surface area contributed by atoms with Crippen LogP contribution in [0.2, 0.25) is 0 Å². The molecule has 3 aromatic rings. The summed E-state index contributed by atoms with van der Waals surface area (Å²) in [4.78, 5) is 78.8. The molecule has 5 amide bonds. The third-order valence-corrected chi connectivity index (χ3v) is 11.4. The normalized spacial score (nSPS) is 21.6. The Morgan fingerprint density at radius 2 is 1.42 bits per heavy atom. The Labute approximate surface area is 297 Å². The predicted octanol–water partition coefficient (Wildman–Crippen LogP) is 3.42. The van der Waals surface area contributed by atoms with Gasteiger partial charge in [0.05, 0.1) is 17.1 Å². The average molecular weight is 699 g/mol. The van der Waals surface area contributed by atoms with Crippen LogP contribution >= 0.6 is 11.3 Å². The van der Waals surface area contributed by atoms with Gasteiger partial charge in [-0.1, -0.05) is 60.7 Å². The van der Waals surface area contributed by atoms with E-state index >= 15 is 0 Å². The highest BCUT2D eigenvalue weighted by Crippen LogP contribution is 2.34. The van der Waals surface area contributed by atoms with Gasteiger partial charge in [0.1, 0.15) is 13.1 Å². The Morgan fingerprint density at radius 1 is 0.800 bits per heavy atom. The van der Waals surface area contributed by atoms with Gasteiger partial charge in [0, 0.05) is 62.9 Å². The molecule has 2 aromatic carbocycles. The summed E-state index contributed by atoms with van der Waals surface area (Å²) in [7, 11) is 0. The van der Waals surface area contributed by atoms with Crippen molar-refractivity contribution < 1.29 is 24.0 Å². The lowest BCUT2D eigenvalue weighted by Crippen LogP contribution is -2.50. The van der Waals surface area contributed by atoms with E-state index in [4.69, 9.17) is 4.98 Å². The third kappa shape index (κ3) is 9.15.